The third kappa shape index (κ3) is 4.95. The summed E-state index contributed by atoms with van der Waals surface area (Å²) in [5.41, 5.74) is 6.53. The van der Waals surface area contributed by atoms with Crippen LogP contribution in [0.25, 0.3) is 0 Å². The van der Waals surface area contributed by atoms with E-state index in [2.05, 4.69) is 17.1 Å². The predicted molar refractivity (Wildman–Crippen MR) is 105 cm³/mol. The van der Waals surface area contributed by atoms with Gasteiger partial charge in [-0.2, -0.15) is 11.8 Å². The molecule has 1 aromatic rings. The zero-order chi connectivity index (χ0) is 17.5. The molecule has 0 saturated carbocycles. The molecule has 1 atom stereocenters. The van der Waals surface area contributed by atoms with Crippen molar-refractivity contribution in [3.05, 3.63) is 18.2 Å². The second-order valence-electron chi connectivity index (χ2n) is 6.34. The number of benzene rings is 1. The van der Waals surface area contributed by atoms with Crippen LogP contribution in [0, 0.1) is 0 Å². The number of likely N-dealkylation sites (tertiary alicyclic amines) is 1. The third-order valence-corrected chi connectivity index (χ3v) is 5.46. The quantitative estimate of drug-likeness (QED) is 0.459. The van der Waals surface area contributed by atoms with Gasteiger partial charge in [-0.15, -0.1) is 0 Å². The van der Waals surface area contributed by atoms with Gasteiger partial charge in [0.15, 0.2) is 17.5 Å². The average Bonchev–Trinajstić information content (AvgIpc) is 3.09. The van der Waals surface area contributed by atoms with Gasteiger partial charge >= 0.3 is 0 Å². The Hall–Kier alpha value is -1.60. The Morgan fingerprint density at radius 1 is 1.32 bits per heavy atom. The highest BCUT2D eigenvalue weighted by Gasteiger charge is 2.22. The summed E-state index contributed by atoms with van der Waals surface area (Å²) in [6.07, 6.45) is 3.72. The summed E-state index contributed by atoms with van der Waals surface area (Å²) in [7, 11) is 0. The van der Waals surface area contributed by atoms with Crippen LogP contribution in [0.5, 0.6) is 11.5 Å². The van der Waals surface area contributed by atoms with Crippen molar-refractivity contribution in [2.75, 3.05) is 43.2 Å². The molecule has 0 bridgehead atoms. The molecule has 25 heavy (non-hydrogen) atoms. The van der Waals surface area contributed by atoms with E-state index < -0.39 is 0 Å². The fourth-order valence-corrected chi connectivity index (χ4v) is 3.71. The topological polar surface area (TPSA) is 72.1 Å². The molecule has 7 heteroatoms. The molecule has 2 aliphatic rings. The zero-order valence-corrected chi connectivity index (χ0v) is 15.7. The van der Waals surface area contributed by atoms with Crippen LogP contribution in [0.3, 0.4) is 0 Å². The second kappa shape index (κ2) is 9.20. The van der Waals surface area contributed by atoms with Crippen LogP contribution < -0.4 is 20.5 Å². The number of guanidine groups is 1. The number of anilines is 1. The molecule has 1 unspecified atom stereocenters. The Balaban J connectivity index is 1.69. The first-order valence-electron chi connectivity index (χ1n) is 9.03. The predicted octanol–water partition coefficient (Wildman–Crippen LogP) is 2.75. The number of hydrogen-bond acceptors (Lipinski definition) is 5. The third-order valence-electron chi connectivity index (χ3n) is 4.46. The molecular weight excluding hydrogens is 336 g/mol. The molecule has 1 aromatic carbocycles. The number of piperidine rings is 1. The van der Waals surface area contributed by atoms with Gasteiger partial charge in [0.2, 0.25) is 6.79 Å². The molecule has 0 radical (unpaired) electrons. The summed E-state index contributed by atoms with van der Waals surface area (Å²) < 4.78 is 10.9. The van der Waals surface area contributed by atoms with E-state index >= 15 is 0 Å². The summed E-state index contributed by atoms with van der Waals surface area (Å²) in [4.78, 5) is 7.25. The highest BCUT2D eigenvalue weighted by atomic mass is 32.2. The Labute approximate surface area is 154 Å². The minimum atomic E-state index is 0.293. The Kier molecular flexibility index (Phi) is 6.69. The highest BCUT2D eigenvalue weighted by molar-refractivity contribution is 7.99. The van der Waals surface area contributed by atoms with Crippen molar-refractivity contribution < 1.29 is 9.47 Å². The van der Waals surface area contributed by atoms with Gasteiger partial charge in [0.25, 0.3) is 0 Å². The normalized spacial score (nSPS) is 20.0. The molecule has 0 aromatic heterocycles. The Morgan fingerprint density at radius 3 is 3.04 bits per heavy atom. The summed E-state index contributed by atoms with van der Waals surface area (Å²) in [5, 5.41) is 3.51. The van der Waals surface area contributed by atoms with E-state index in [1.165, 1.54) is 19.3 Å². The van der Waals surface area contributed by atoms with Crippen LogP contribution in [-0.4, -0.2) is 54.8 Å². The maximum absolute atomic E-state index is 5.55. The molecule has 138 valence electrons. The van der Waals surface area contributed by atoms with E-state index in [1.807, 2.05) is 30.0 Å². The van der Waals surface area contributed by atoms with Gasteiger partial charge in [0.1, 0.15) is 0 Å². The number of fused-ring (bicyclic) bond motifs is 1. The molecule has 6 nitrogen and oxygen atoms in total. The number of thioether (sulfide) groups is 1. The average molecular weight is 365 g/mol. The van der Waals surface area contributed by atoms with Gasteiger partial charge < -0.3 is 25.4 Å². The maximum atomic E-state index is 5.55. The van der Waals surface area contributed by atoms with Crippen LogP contribution in [-0.2, 0) is 0 Å². The van der Waals surface area contributed by atoms with Crippen molar-refractivity contribution in [3.63, 3.8) is 0 Å². The first-order chi connectivity index (χ1) is 12.3. The van der Waals surface area contributed by atoms with Crippen LogP contribution in [0.1, 0.15) is 26.2 Å². The standard InChI is InChI=1S/C18H28N4O2S/c1-14-4-2-3-9-22(14)18(20-8-11-25-10-7-19)21-15-5-6-16-17(12-15)24-13-23-16/h5-6,12,14H,2-4,7-11,13,19H2,1H3,(H,20,21). The van der Waals surface area contributed by atoms with Gasteiger partial charge in [0, 0.05) is 42.4 Å². The highest BCUT2D eigenvalue weighted by Crippen LogP contribution is 2.34. The minimum absolute atomic E-state index is 0.293. The molecule has 1 fully saturated rings. The largest absolute Gasteiger partial charge is 0.454 e. The van der Waals surface area contributed by atoms with E-state index in [1.54, 1.807) is 0 Å². The number of nitrogens with two attached hydrogens (primary N) is 1. The van der Waals surface area contributed by atoms with Crippen LogP contribution in [0.2, 0.25) is 0 Å². The van der Waals surface area contributed by atoms with Crippen LogP contribution in [0.4, 0.5) is 5.69 Å². The van der Waals surface area contributed by atoms with E-state index in [0.717, 1.165) is 54.3 Å². The Bertz CT molecular complexity index is 596. The van der Waals surface area contributed by atoms with E-state index in [9.17, 15) is 0 Å². The van der Waals surface area contributed by atoms with Crippen molar-refractivity contribution in [2.45, 2.75) is 32.2 Å². The molecule has 0 aliphatic carbocycles. The molecule has 3 rings (SSSR count). The first-order valence-corrected chi connectivity index (χ1v) is 10.2. The molecule has 2 heterocycles. The van der Waals surface area contributed by atoms with Crippen molar-refractivity contribution >= 4 is 23.4 Å². The van der Waals surface area contributed by atoms with Gasteiger partial charge in [-0.1, -0.05) is 0 Å². The fourth-order valence-electron chi connectivity index (χ4n) is 3.12. The SMILES string of the molecule is CC1CCCCN1C(=NCCSCCN)Nc1ccc2c(c1)OCO2. The number of hydrogen-bond donors (Lipinski definition) is 2. The molecule has 2 aliphatic heterocycles. The smallest absolute Gasteiger partial charge is 0.231 e. The molecule has 0 amide bonds. The van der Waals surface area contributed by atoms with Gasteiger partial charge in [-0.05, 0) is 38.3 Å². The zero-order valence-electron chi connectivity index (χ0n) is 14.9. The lowest BCUT2D eigenvalue weighted by molar-refractivity contribution is 0.174. The lowest BCUT2D eigenvalue weighted by Gasteiger charge is -2.36. The van der Waals surface area contributed by atoms with Gasteiger partial charge in [0.05, 0.1) is 6.54 Å². The van der Waals surface area contributed by atoms with Crippen molar-refractivity contribution in [3.8, 4) is 11.5 Å². The fraction of sp³-hybridized carbons (Fsp3) is 0.611. The van der Waals surface area contributed by atoms with E-state index in [0.29, 0.717) is 12.8 Å². The number of aliphatic imine (C=N–C) groups is 1. The molecular formula is C18H28N4O2S. The molecule has 3 N–H and O–H groups in total. The molecule has 1 saturated heterocycles. The number of nitrogens with zero attached hydrogens (tertiary/aromatic N) is 2. The number of rotatable bonds is 6. The Morgan fingerprint density at radius 2 is 2.20 bits per heavy atom. The number of nitrogens with one attached hydrogen (secondary N) is 1. The van der Waals surface area contributed by atoms with Gasteiger partial charge in [-0.25, -0.2) is 0 Å². The maximum Gasteiger partial charge on any atom is 0.231 e. The van der Waals surface area contributed by atoms with Crippen molar-refractivity contribution in [1.29, 1.82) is 0 Å². The van der Waals surface area contributed by atoms with E-state index in [4.69, 9.17) is 20.2 Å². The summed E-state index contributed by atoms with van der Waals surface area (Å²) in [6.45, 7) is 5.13. The van der Waals surface area contributed by atoms with E-state index in [-0.39, 0.29) is 0 Å². The monoisotopic (exact) mass is 364 g/mol. The number of ether oxygens (including phenoxy) is 2. The second-order valence-corrected chi connectivity index (χ2v) is 7.56. The lowest BCUT2D eigenvalue weighted by atomic mass is 10.0. The minimum Gasteiger partial charge on any atom is -0.454 e. The van der Waals surface area contributed by atoms with Crippen LogP contribution in [0.15, 0.2) is 23.2 Å². The van der Waals surface area contributed by atoms with Crippen molar-refractivity contribution in [1.82, 2.24) is 4.90 Å². The summed E-state index contributed by atoms with van der Waals surface area (Å²) in [5.74, 6) is 4.52. The van der Waals surface area contributed by atoms with Crippen molar-refractivity contribution in [2.24, 2.45) is 10.7 Å². The van der Waals surface area contributed by atoms with Gasteiger partial charge in [-0.3, -0.25) is 4.99 Å². The first kappa shape index (κ1) is 18.2. The summed E-state index contributed by atoms with van der Waals surface area (Å²) in [6, 6.07) is 6.45. The molecule has 0 spiro atoms. The lowest BCUT2D eigenvalue weighted by Crippen LogP contribution is -2.45. The van der Waals surface area contributed by atoms with Crippen LogP contribution >= 0.6 is 11.8 Å². The summed E-state index contributed by atoms with van der Waals surface area (Å²) >= 11 is 1.85.